The maximum atomic E-state index is 13.6. The number of amides is 1. The molecular formula is C17H18FN3O3. The Morgan fingerprint density at radius 3 is 2.96 bits per heavy atom. The van der Waals surface area contributed by atoms with Crippen molar-refractivity contribution in [1.29, 1.82) is 0 Å². The van der Waals surface area contributed by atoms with E-state index in [1.54, 1.807) is 11.1 Å². The highest BCUT2D eigenvalue weighted by molar-refractivity contribution is 5.98. The van der Waals surface area contributed by atoms with Crippen molar-refractivity contribution in [2.24, 2.45) is 0 Å². The van der Waals surface area contributed by atoms with Gasteiger partial charge in [0.25, 0.3) is 0 Å². The number of aromatic nitrogens is 2. The van der Waals surface area contributed by atoms with E-state index in [2.05, 4.69) is 10.2 Å². The summed E-state index contributed by atoms with van der Waals surface area (Å²) < 4.78 is 18.5. The van der Waals surface area contributed by atoms with Crippen LogP contribution in [0, 0.1) is 5.82 Å². The van der Waals surface area contributed by atoms with E-state index in [-0.39, 0.29) is 35.8 Å². The fraction of sp³-hybridized carbons (Fsp3) is 0.353. The molecule has 0 aliphatic carbocycles. The van der Waals surface area contributed by atoms with Crippen LogP contribution < -0.4 is 4.74 Å². The molecule has 6 nitrogen and oxygen atoms in total. The molecule has 1 amide bonds. The smallest absolute Gasteiger partial charge is 0.223 e. The molecular weight excluding hydrogens is 313 g/mol. The van der Waals surface area contributed by atoms with Crippen LogP contribution in [-0.2, 0) is 17.8 Å². The first-order valence-electron chi connectivity index (χ1n) is 7.74. The number of rotatable bonds is 5. The van der Waals surface area contributed by atoms with Crippen molar-refractivity contribution in [1.82, 2.24) is 15.1 Å². The molecule has 1 N–H and O–H groups in total. The highest BCUT2D eigenvalue weighted by Crippen LogP contribution is 2.20. The Balaban J connectivity index is 1.56. The lowest BCUT2D eigenvalue weighted by Crippen LogP contribution is -2.35. The highest BCUT2D eigenvalue weighted by atomic mass is 19.1. The van der Waals surface area contributed by atoms with Gasteiger partial charge in [-0.25, -0.2) is 4.39 Å². The lowest BCUT2D eigenvalue weighted by atomic mass is 10.0. The molecule has 2 aromatic rings. The van der Waals surface area contributed by atoms with Crippen molar-refractivity contribution in [2.45, 2.75) is 25.8 Å². The molecule has 2 heterocycles. The third-order valence-corrected chi connectivity index (χ3v) is 4.19. The number of hydrogen-bond acceptors (Lipinski definition) is 4. The van der Waals surface area contributed by atoms with Gasteiger partial charge in [-0.1, -0.05) is 0 Å². The normalized spacial score (nSPS) is 13.5. The van der Waals surface area contributed by atoms with Crippen molar-refractivity contribution in [3.05, 3.63) is 47.0 Å². The van der Waals surface area contributed by atoms with Gasteiger partial charge >= 0.3 is 0 Å². The molecule has 1 aliphatic heterocycles. The molecule has 1 aromatic carbocycles. The number of carbonyl (C=O) groups is 2. The van der Waals surface area contributed by atoms with E-state index in [1.807, 2.05) is 0 Å². The monoisotopic (exact) mass is 331 g/mol. The van der Waals surface area contributed by atoms with Gasteiger partial charge in [0.15, 0.2) is 17.3 Å². The Morgan fingerprint density at radius 2 is 2.21 bits per heavy atom. The van der Waals surface area contributed by atoms with E-state index >= 15 is 0 Å². The van der Waals surface area contributed by atoms with Gasteiger partial charge in [-0.05, 0) is 18.2 Å². The van der Waals surface area contributed by atoms with Crippen LogP contribution in [0.4, 0.5) is 4.39 Å². The quantitative estimate of drug-likeness (QED) is 0.852. The largest absolute Gasteiger partial charge is 0.494 e. The summed E-state index contributed by atoms with van der Waals surface area (Å²) in [7, 11) is 1.36. The Bertz CT molecular complexity index is 772. The number of ketones is 1. The van der Waals surface area contributed by atoms with E-state index in [1.165, 1.54) is 19.2 Å². The van der Waals surface area contributed by atoms with Gasteiger partial charge in [-0.15, -0.1) is 0 Å². The number of benzene rings is 1. The summed E-state index contributed by atoms with van der Waals surface area (Å²) in [4.78, 5) is 26.2. The number of H-pyrrole nitrogens is 1. The minimum atomic E-state index is -0.585. The molecule has 0 spiro atoms. The van der Waals surface area contributed by atoms with Crippen LogP contribution in [0.15, 0.2) is 24.4 Å². The summed E-state index contributed by atoms with van der Waals surface area (Å²) in [6.45, 7) is 1.12. The maximum absolute atomic E-state index is 13.6. The zero-order chi connectivity index (χ0) is 17.1. The molecule has 1 aliphatic rings. The highest BCUT2D eigenvalue weighted by Gasteiger charge is 2.22. The zero-order valence-corrected chi connectivity index (χ0v) is 13.3. The molecule has 126 valence electrons. The van der Waals surface area contributed by atoms with Crippen molar-refractivity contribution >= 4 is 11.7 Å². The number of aromatic amines is 1. The Morgan fingerprint density at radius 1 is 1.38 bits per heavy atom. The second-order valence-electron chi connectivity index (χ2n) is 5.71. The molecule has 0 saturated carbocycles. The predicted octanol–water partition coefficient (Wildman–Crippen LogP) is 2.11. The van der Waals surface area contributed by atoms with Gasteiger partial charge in [0, 0.05) is 49.2 Å². The van der Waals surface area contributed by atoms with Gasteiger partial charge in [0.2, 0.25) is 5.91 Å². The molecule has 3 rings (SSSR count). The summed E-state index contributed by atoms with van der Waals surface area (Å²) in [6.07, 6.45) is 2.62. The van der Waals surface area contributed by atoms with Gasteiger partial charge in [-0.2, -0.15) is 5.10 Å². The Labute approximate surface area is 138 Å². The fourth-order valence-electron chi connectivity index (χ4n) is 2.80. The molecule has 0 atom stereocenters. The molecule has 1 aromatic heterocycles. The number of nitrogens with zero attached hydrogens (tertiary/aromatic N) is 2. The summed E-state index contributed by atoms with van der Waals surface area (Å²) in [5.41, 5.74) is 2.32. The Kier molecular flexibility index (Phi) is 4.59. The SMILES string of the molecule is COc1ccc(C(=O)CCC(=O)N2CCc3[nH]ncc3C2)cc1F. The van der Waals surface area contributed by atoms with E-state index in [4.69, 9.17) is 4.74 Å². The topological polar surface area (TPSA) is 75.3 Å². The second-order valence-corrected chi connectivity index (χ2v) is 5.71. The van der Waals surface area contributed by atoms with Gasteiger partial charge in [0.05, 0.1) is 13.3 Å². The van der Waals surface area contributed by atoms with Crippen molar-refractivity contribution in [2.75, 3.05) is 13.7 Å². The number of nitrogens with one attached hydrogen (secondary N) is 1. The third kappa shape index (κ3) is 3.29. The first-order chi connectivity index (χ1) is 11.6. The number of ether oxygens (including phenoxy) is 1. The summed E-state index contributed by atoms with van der Waals surface area (Å²) in [6, 6.07) is 4.06. The number of hydrogen-bond donors (Lipinski definition) is 1. The van der Waals surface area contributed by atoms with Gasteiger partial charge in [-0.3, -0.25) is 14.7 Å². The molecule has 0 fully saturated rings. The standard InChI is InChI=1S/C17H18FN3O3/c1-24-16-4-2-11(8-13(16)18)15(22)3-5-17(23)21-7-6-14-12(10-21)9-19-20-14/h2,4,8-9H,3,5-7,10H2,1H3,(H,19,20). The molecule has 7 heteroatoms. The number of carbonyl (C=O) groups excluding carboxylic acids is 2. The van der Waals surface area contributed by atoms with Crippen LogP contribution in [0.3, 0.4) is 0 Å². The van der Waals surface area contributed by atoms with E-state index < -0.39 is 5.82 Å². The van der Waals surface area contributed by atoms with E-state index in [0.29, 0.717) is 13.1 Å². The molecule has 24 heavy (non-hydrogen) atoms. The van der Waals surface area contributed by atoms with Crippen LogP contribution in [0.2, 0.25) is 0 Å². The molecule has 0 unspecified atom stereocenters. The molecule has 0 bridgehead atoms. The number of fused-ring (bicyclic) bond motifs is 1. The first kappa shape index (κ1) is 16.2. The lowest BCUT2D eigenvalue weighted by Gasteiger charge is -2.26. The van der Waals surface area contributed by atoms with Crippen LogP contribution in [0.25, 0.3) is 0 Å². The maximum Gasteiger partial charge on any atom is 0.223 e. The Hall–Kier alpha value is -2.70. The van der Waals surface area contributed by atoms with Crippen LogP contribution in [0.1, 0.15) is 34.5 Å². The van der Waals surface area contributed by atoms with Gasteiger partial charge < -0.3 is 9.64 Å². The van der Waals surface area contributed by atoms with E-state index in [0.717, 1.165) is 23.7 Å². The summed E-state index contributed by atoms with van der Waals surface area (Å²) >= 11 is 0. The second kappa shape index (κ2) is 6.82. The van der Waals surface area contributed by atoms with Crippen molar-refractivity contribution < 1.29 is 18.7 Å². The summed E-state index contributed by atoms with van der Waals surface area (Å²) in [5.74, 6) is -0.833. The average Bonchev–Trinajstić information content (AvgIpc) is 3.06. The van der Waals surface area contributed by atoms with Crippen LogP contribution in [0.5, 0.6) is 5.75 Å². The number of halogens is 1. The molecule has 0 radical (unpaired) electrons. The zero-order valence-electron chi connectivity index (χ0n) is 13.3. The summed E-state index contributed by atoms with van der Waals surface area (Å²) in [5, 5.41) is 6.89. The first-order valence-corrected chi connectivity index (χ1v) is 7.74. The van der Waals surface area contributed by atoms with Crippen LogP contribution >= 0.6 is 0 Å². The average molecular weight is 331 g/mol. The van der Waals surface area contributed by atoms with Gasteiger partial charge in [0.1, 0.15) is 0 Å². The minimum Gasteiger partial charge on any atom is -0.494 e. The molecule has 0 saturated heterocycles. The van der Waals surface area contributed by atoms with Crippen molar-refractivity contribution in [3.63, 3.8) is 0 Å². The minimum absolute atomic E-state index is 0.0549. The lowest BCUT2D eigenvalue weighted by molar-refractivity contribution is -0.132. The third-order valence-electron chi connectivity index (χ3n) is 4.19. The fourth-order valence-corrected chi connectivity index (χ4v) is 2.80. The van der Waals surface area contributed by atoms with Crippen molar-refractivity contribution in [3.8, 4) is 5.75 Å². The number of Topliss-reactive ketones (excluding diaryl/α,β-unsaturated/α-hetero) is 1. The van der Waals surface area contributed by atoms with E-state index in [9.17, 15) is 14.0 Å². The van der Waals surface area contributed by atoms with Crippen LogP contribution in [-0.4, -0.2) is 40.4 Å². The predicted molar refractivity (Wildman–Crippen MR) is 84.2 cm³/mol. The number of methoxy groups -OCH3 is 1.